The number of carbonyl (C=O) groups excluding carboxylic acids is 2. The molecule has 1 aliphatic heterocycles. The number of hydrogen-bond acceptors (Lipinski definition) is 5. The average Bonchev–Trinajstić information content (AvgIpc) is 3.34. The third-order valence-corrected chi connectivity index (χ3v) is 6.04. The van der Waals surface area contributed by atoms with Crippen LogP contribution in [-0.4, -0.2) is 23.8 Å². The molecule has 2 heterocycles. The van der Waals surface area contributed by atoms with Crippen molar-refractivity contribution < 1.29 is 14.3 Å². The van der Waals surface area contributed by atoms with E-state index in [-0.39, 0.29) is 24.1 Å². The molecule has 0 bridgehead atoms. The predicted molar refractivity (Wildman–Crippen MR) is 120 cm³/mol. The molecule has 1 N–H and O–H groups in total. The number of halogens is 1. The molecule has 2 amide bonds. The second-order valence-corrected chi connectivity index (χ2v) is 8.20. The number of anilines is 1. The summed E-state index contributed by atoms with van der Waals surface area (Å²) in [5, 5.41) is 5.60. The van der Waals surface area contributed by atoms with Crippen LogP contribution in [0.4, 0.5) is 5.69 Å². The summed E-state index contributed by atoms with van der Waals surface area (Å²) in [5.41, 5.74) is 2.98. The molecule has 7 heteroatoms. The number of methoxy groups -OCH3 is 1. The Morgan fingerprint density at radius 2 is 1.87 bits per heavy atom. The van der Waals surface area contributed by atoms with Gasteiger partial charge in [-0.25, -0.2) is 0 Å². The van der Waals surface area contributed by atoms with Crippen LogP contribution < -0.4 is 10.1 Å². The van der Waals surface area contributed by atoms with E-state index in [1.54, 1.807) is 19.2 Å². The lowest BCUT2D eigenvalue weighted by atomic mass is 10.1. The Morgan fingerprint density at radius 1 is 1.07 bits per heavy atom. The van der Waals surface area contributed by atoms with Crippen molar-refractivity contribution in [3.8, 4) is 5.75 Å². The monoisotopic (exact) mass is 438 g/mol. The van der Waals surface area contributed by atoms with E-state index in [1.807, 2.05) is 54.8 Å². The van der Waals surface area contributed by atoms with E-state index in [0.29, 0.717) is 22.0 Å². The van der Waals surface area contributed by atoms with Crippen LogP contribution >= 0.6 is 22.9 Å². The molecule has 5 nitrogen and oxygen atoms in total. The number of para-hydroxylation sites is 1. The van der Waals surface area contributed by atoms with E-state index >= 15 is 0 Å². The van der Waals surface area contributed by atoms with Crippen LogP contribution in [0.25, 0.3) is 5.57 Å². The maximum absolute atomic E-state index is 13.3. The summed E-state index contributed by atoms with van der Waals surface area (Å²) in [5.74, 6) is -0.0907. The Labute approximate surface area is 183 Å². The molecular weight excluding hydrogens is 420 g/mol. The number of benzene rings is 2. The lowest BCUT2D eigenvalue weighted by Crippen LogP contribution is -2.32. The fourth-order valence-electron chi connectivity index (χ4n) is 3.35. The van der Waals surface area contributed by atoms with Gasteiger partial charge in [0.15, 0.2) is 0 Å². The average molecular weight is 439 g/mol. The number of hydrogen-bond donors (Lipinski definition) is 1. The molecule has 0 spiro atoms. The van der Waals surface area contributed by atoms with Crippen LogP contribution in [-0.2, 0) is 16.1 Å². The Morgan fingerprint density at radius 3 is 2.60 bits per heavy atom. The molecule has 3 aromatic rings. The van der Waals surface area contributed by atoms with E-state index < -0.39 is 0 Å². The summed E-state index contributed by atoms with van der Waals surface area (Å²) in [6.07, 6.45) is 0. The molecule has 0 aliphatic carbocycles. The molecule has 1 aromatic heterocycles. The molecule has 0 atom stereocenters. The molecule has 0 saturated heterocycles. The molecule has 1 aliphatic rings. The lowest BCUT2D eigenvalue weighted by Gasteiger charge is -2.17. The summed E-state index contributed by atoms with van der Waals surface area (Å²) in [4.78, 5) is 28.6. The molecule has 2 aromatic carbocycles. The van der Waals surface area contributed by atoms with Crippen molar-refractivity contribution in [2.45, 2.75) is 13.5 Å². The minimum absolute atomic E-state index is 0.121. The first-order valence-corrected chi connectivity index (χ1v) is 10.5. The molecule has 0 unspecified atom stereocenters. The fraction of sp³-hybridized carbons (Fsp3) is 0.130. The van der Waals surface area contributed by atoms with Crippen molar-refractivity contribution >= 4 is 46.0 Å². The van der Waals surface area contributed by atoms with E-state index in [9.17, 15) is 9.59 Å². The largest absolute Gasteiger partial charge is 0.496 e. The van der Waals surface area contributed by atoms with Crippen molar-refractivity contribution in [3.63, 3.8) is 0 Å². The molecule has 152 valence electrons. The molecular formula is C23H19ClN2O3S. The Hall–Kier alpha value is -3.09. The van der Waals surface area contributed by atoms with Crippen LogP contribution in [0, 0.1) is 6.92 Å². The van der Waals surface area contributed by atoms with Crippen LogP contribution in [0.5, 0.6) is 5.75 Å². The quantitative estimate of drug-likeness (QED) is 0.543. The number of nitrogens with zero attached hydrogens (tertiary/aromatic N) is 1. The van der Waals surface area contributed by atoms with Gasteiger partial charge < -0.3 is 10.1 Å². The number of aryl methyl sites for hydroxylation is 1. The van der Waals surface area contributed by atoms with E-state index in [1.165, 1.54) is 16.2 Å². The standard InChI is InChI=1S/C23H19ClN2O3S/c1-14-9-10-16(24)12-17(14)25-21-20(19-8-5-11-30-19)22(27)26(23(21)28)13-15-6-3-4-7-18(15)29-2/h3-12,25H,13H2,1-2H3. The van der Waals surface area contributed by atoms with E-state index in [0.717, 1.165) is 16.0 Å². The zero-order chi connectivity index (χ0) is 21.3. The first-order chi connectivity index (χ1) is 14.5. The number of amides is 2. The van der Waals surface area contributed by atoms with Gasteiger partial charge >= 0.3 is 0 Å². The van der Waals surface area contributed by atoms with Crippen molar-refractivity contribution in [2.75, 3.05) is 12.4 Å². The van der Waals surface area contributed by atoms with Crippen LogP contribution in [0.1, 0.15) is 16.0 Å². The lowest BCUT2D eigenvalue weighted by molar-refractivity contribution is -0.137. The number of carbonyl (C=O) groups is 2. The number of thiophene rings is 1. The Balaban J connectivity index is 1.74. The van der Waals surface area contributed by atoms with E-state index in [4.69, 9.17) is 16.3 Å². The summed E-state index contributed by atoms with van der Waals surface area (Å²) in [6.45, 7) is 2.04. The highest BCUT2D eigenvalue weighted by atomic mass is 35.5. The van der Waals surface area contributed by atoms with Gasteiger partial charge in [0.2, 0.25) is 0 Å². The summed E-state index contributed by atoms with van der Waals surface area (Å²) >= 11 is 7.56. The third kappa shape index (κ3) is 3.72. The fourth-order valence-corrected chi connectivity index (χ4v) is 4.29. The van der Waals surface area contributed by atoms with Gasteiger partial charge in [-0.1, -0.05) is 41.9 Å². The summed E-state index contributed by atoms with van der Waals surface area (Å²) < 4.78 is 5.39. The minimum atomic E-state index is -0.381. The summed E-state index contributed by atoms with van der Waals surface area (Å²) in [6, 6.07) is 16.4. The van der Waals surface area contributed by atoms with Crippen molar-refractivity contribution in [2.24, 2.45) is 0 Å². The van der Waals surface area contributed by atoms with Gasteiger partial charge in [0, 0.05) is 21.2 Å². The van der Waals surface area contributed by atoms with Crippen LogP contribution in [0.15, 0.2) is 65.7 Å². The maximum Gasteiger partial charge on any atom is 0.278 e. The van der Waals surface area contributed by atoms with Crippen LogP contribution in [0.2, 0.25) is 5.02 Å². The zero-order valence-electron chi connectivity index (χ0n) is 16.4. The number of ether oxygens (including phenoxy) is 1. The number of nitrogens with one attached hydrogen (secondary N) is 1. The molecule has 4 rings (SSSR count). The third-order valence-electron chi connectivity index (χ3n) is 4.92. The Bertz CT molecular complexity index is 1160. The number of rotatable bonds is 6. The van der Waals surface area contributed by atoms with Gasteiger partial charge in [-0.15, -0.1) is 11.3 Å². The summed E-state index contributed by atoms with van der Waals surface area (Å²) in [7, 11) is 1.57. The normalized spacial score (nSPS) is 13.9. The SMILES string of the molecule is COc1ccccc1CN1C(=O)C(Nc2cc(Cl)ccc2C)=C(c2cccs2)C1=O. The highest BCUT2D eigenvalue weighted by Crippen LogP contribution is 2.35. The second kappa shape index (κ2) is 8.34. The van der Waals surface area contributed by atoms with Crippen LogP contribution in [0.3, 0.4) is 0 Å². The highest BCUT2D eigenvalue weighted by Gasteiger charge is 2.40. The van der Waals surface area contributed by atoms with Gasteiger partial charge in [-0.05, 0) is 42.1 Å². The highest BCUT2D eigenvalue weighted by molar-refractivity contribution is 7.11. The first-order valence-electron chi connectivity index (χ1n) is 9.29. The van der Waals surface area contributed by atoms with Gasteiger partial charge in [-0.3, -0.25) is 14.5 Å². The topological polar surface area (TPSA) is 58.6 Å². The van der Waals surface area contributed by atoms with Crippen molar-refractivity contribution in [1.29, 1.82) is 0 Å². The molecule has 0 saturated carbocycles. The van der Waals surface area contributed by atoms with E-state index in [2.05, 4.69) is 5.32 Å². The van der Waals surface area contributed by atoms with Gasteiger partial charge in [-0.2, -0.15) is 0 Å². The van der Waals surface area contributed by atoms with Gasteiger partial charge in [0.1, 0.15) is 11.4 Å². The number of imide groups is 1. The van der Waals surface area contributed by atoms with Crippen molar-refractivity contribution in [3.05, 3.63) is 86.7 Å². The molecule has 0 fully saturated rings. The maximum atomic E-state index is 13.3. The molecule has 0 radical (unpaired) electrons. The second-order valence-electron chi connectivity index (χ2n) is 6.82. The first kappa shape index (κ1) is 20.2. The zero-order valence-corrected chi connectivity index (χ0v) is 18.0. The molecule has 30 heavy (non-hydrogen) atoms. The van der Waals surface area contributed by atoms with Gasteiger partial charge in [0.25, 0.3) is 11.8 Å². The smallest absolute Gasteiger partial charge is 0.278 e. The van der Waals surface area contributed by atoms with Gasteiger partial charge in [0.05, 0.1) is 19.2 Å². The van der Waals surface area contributed by atoms with Crippen molar-refractivity contribution in [1.82, 2.24) is 4.90 Å². The minimum Gasteiger partial charge on any atom is -0.496 e. The Kier molecular flexibility index (Phi) is 5.61. The predicted octanol–water partition coefficient (Wildman–Crippen LogP) is 5.11.